The number of hydrogen-bond donors (Lipinski definition) is 3. The average molecular weight is 522 g/mol. The van der Waals surface area contributed by atoms with E-state index in [-0.39, 0.29) is 5.91 Å². The Kier molecular flexibility index (Phi) is 8.30. The molecule has 1 atom stereocenters. The van der Waals surface area contributed by atoms with Gasteiger partial charge in [0.2, 0.25) is 11.0 Å². The summed E-state index contributed by atoms with van der Waals surface area (Å²) >= 11 is 8.28. The molecule has 1 aromatic heterocycles. The summed E-state index contributed by atoms with van der Waals surface area (Å²) in [6.07, 6.45) is 0. The third kappa shape index (κ3) is 6.78. The van der Waals surface area contributed by atoms with Crippen molar-refractivity contribution >= 4 is 62.8 Å². The van der Waals surface area contributed by atoms with Crippen molar-refractivity contribution in [2.45, 2.75) is 17.1 Å². The second-order valence-corrected chi connectivity index (χ2v) is 10.1. The molecule has 0 aliphatic rings. The van der Waals surface area contributed by atoms with E-state index in [1.165, 1.54) is 23.1 Å². The molecule has 3 N–H and O–H groups in total. The van der Waals surface area contributed by atoms with Gasteiger partial charge in [0, 0.05) is 10.6 Å². The minimum atomic E-state index is -0.477. The van der Waals surface area contributed by atoms with E-state index in [2.05, 4.69) is 26.1 Å². The number of thioether (sulfide) groups is 1. The van der Waals surface area contributed by atoms with Crippen LogP contribution in [0, 0.1) is 6.92 Å². The summed E-state index contributed by atoms with van der Waals surface area (Å²) in [5, 5.41) is 18.5. The van der Waals surface area contributed by atoms with Crippen molar-refractivity contribution in [3.8, 4) is 5.75 Å². The predicted molar refractivity (Wildman–Crippen MR) is 148 cm³/mol. The summed E-state index contributed by atoms with van der Waals surface area (Å²) in [4.78, 5) is 14.1. The zero-order valence-electron chi connectivity index (χ0n) is 19.0. The minimum absolute atomic E-state index is 0.163. The van der Waals surface area contributed by atoms with Gasteiger partial charge in [0.1, 0.15) is 16.0 Å². The third-order valence-corrected chi connectivity index (χ3v) is 7.00. The summed E-state index contributed by atoms with van der Waals surface area (Å²) < 4.78 is 5.37. The first-order valence-electron chi connectivity index (χ1n) is 10.7. The van der Waals surface area contributed by atoms with Crippen LogP contribution in [-0.2, 0) is 4.79 Å². The molecular weight excluding hydrogens is 499 g/mol. The van der Waals surface area contributed by atoms with Gasteiger partial charge < -0.3 is 15.4 Å². The Labute approximate surface area is 217 Å². The van der Waals surface area contributed by atoms with E-state index in [1.54, 1.807) is 7.11 Å². The van der Waals surface area contributed by atoms with E-state index in [1.807, 2.05) is 85.8 Å². The molecule has 7 nitrogen and oxygen atoms in total. The molecule has 4 aromatic rings. The number of para-hydroxylation sites is 2. The van der Waals surface area contributed by atoms with Gasteiger partial charge >= 0.3 is 0 Å². The second kappa shape index (κ2) is 11.8. The number of ether oxygens (including phenoxy) is 1. The molecule has 0 fully saturated rings. The first-order valence-corrected chi connectivity index (χ1v) is 12.8. The summed E-state index contributed by atoms with van der Waals surface area (Å²) in [7, 11) is 1.61. The van der Waals surface area contributed by atoms with Crippen LogP contribution in [0.25, 0.3) is 0 Å². The number of nitrogens with zero attached hydrogens (tertiary/aromatic N) is 2. The molecular formula is C25H23N5O2S3. The van der Waals surface area contributed by atoms with Crippen LogP contribution in [0.2, 0.25) is 0 Å². The third-order valence-electron chi connectivity index (χ3n) is 4.80. The van der Waals surface area contributed by atoms with Gasteiger partial charge in [-0.2, -0.15) is 0 Å². The number of hydrogen-bond acceptors (Lipinski definition) is 7. The molecule has 0 aliphatic carbocycles. The van der Waals surface area contributed by atoms with Crippen LogP contribution >= 0.6 is 35.3 Å². The maximum absolute atomic E-state index is 13.2. The van der Waals surface area contributed by atoms with Crippen molar-refractivity contribution in [3.63, 3.8) is 0 Å². The standard InChI is InChI=1S/C25H23N5O2S3/c1-16-29-30-25(34-16)28-23(31)22(17-9-4-3-5-10-17)35-19-12-8-11-18(15-19)26-24(33)27-20-13-6-7-14-21(20)32-2/h3-15,22H,1-2H3,(H2,26,27,33)(H,28,30,31). The number of aryl methyl sites for hydroxylation is 1. The molecule has 178 valence electrons. The van der Waals surface area contributed by atoms with Crippen molar-refractivity contribution in [2.75, 3.05) is 23.1 Å². The van der Waals surface area contributed by atoms with Crippen molar-refractivity contribution in [2.24, 2.45) is 0 Å². The molecule has 4 rings (SSSR count). The van der Waals surface area contributed by atoms with E-state index in [9.17, 15) is 4.79 Å². The average Bonchev–Trinajstić information content (AvgIpc) is 3.27. The first-order chi connectivity index (χ1) is 17.0. The first kappa shape index (κ1) is 24.6. The number of methoxy groups -OCH3 is 1. The molecule has 1 heterocycles. The molecule has 10 heteroatoms. The van der Waals surface area contributed by atoms with Crippen LogP contribution in [0.5, 0.6) is 5.75 Å². The topological polar surface area (TPSA) is 88.2 Å². The van der Waals surface area contributed by atoms with E-state index in [0.717, 1.165) is 26.8 Å². The Hall–Kier alpha value is -3.47. The smallest absolute Gasteiger partial charge is 0.244 e. The number of anilines is 3. The van der Waals surface area contributed by atoms with Crippen LogP contribution in [0.1, 0.15) is 15.8 Å². The number of carbonyl (C=O) groups is 1. The summed E-state index contributed by atoms with van der Waals surface area (Å²) in [5.74, 6) is 0.535. The van der Waals surface area contributed by atoms with Crippen molar-refractivity contribution < 1.29 is 9.53 Å². The number of rotatable bonds is 8. The fraction of sp³-hybridized carbons (Fsp3) is 0.120. The predicted octanol–water partition coefficient (Wildman–Crippen LogP) is 6.14. The highest BCUT2D eigenvalue weighted by Crippen LogP contribution is 2.37. The highest BCUT2D eigenvalue weighted by atomic mass is 32.2. The highest BCUT2D eigenvalue weighted by molar-refractivity contribution is 8.00. The van der Waals surface area contributed by atoms with E-state index in [4.69, 9.17) is 17.0 Å². The van der Waals surface area contributed by atoms with Gasteiger partial charge in [-0.3, -0.25) is 10.1 Å². The Morgan fingerprint density at radius 1 is 0.971 bits per heavy atom. The van der Waals surface area contributed by atoms with Crippen molar-refractivity contribution in [3.05, 3.63) is 89.4 Å². The monoisotopic (exact) mass is 521 g/mol. The molecule has 0 spiro atoms. The van der Waals surface area contributed by atoms with Gasteiger partial charge in [-0.1, -0.05) is 59.9 Å². The van der Waals surface area contributed by atoms with E-state index in [0.29, 0.717) is 16.0 Å². The summed E-state index contributed by atoms with van der Waals surface area (Å²) in [6.45, 7) is 1.85. The molecule has 3 aromatic carbocycles. The van der Waals surface area contributed by atoms with Crippen molar-refractivity contribution in [1.82, 2.24) is 10.2 Å². The van der Waals surface area contributed by atoms with Crippen LogP contribution < -0.4 is 20.7 Å². The number of thiocarbonyl (C=S) groups is 1. The van der Waals surface area contributed by atoms with Crippen molar-refractivity contribution in [1.29, 1.82) is 0 Å². The zero-order valence-corrected chi connectivity index (χ0v) is 21.5. The van der Waals surface area contributed by atoms with Gasteiger partial charge in [-0.05, 0) is 55.0 Å². The molecule has 0 bridgehead atoms. The van der Waals surface area contributed by atoms with Gasteiger partial charge in [0.05, 0.1) is 12.8 Å². The van der Waals surface area contributed by atoms with Gasteiger partial charge in [0.15, 0.2) is 5.11 Å². The molecule has 0 saturated heterocycles. The molecule has 0 saturated carbocycles. The van der Waals surface area contributed by atoms with Crippen LogP contribution in [0.3, 0.4) is 0 Å². The number of nitrogens with one attached hydrogen (secondary N) is 3. The van der Waals surface area contributed by atoms with Gasteiger partial charge in [-0.25, -0.2) is 0 Å². The van der Waals surface area contributed by atoms with Crippen LogP contribution in [0.15, 0.2) is 83.8 Å². The fourth-order valence-electron chi connectivity index (χ4n) is 3.23. The lowest BCUT2D eigenvalue weighted by molar-refractivity contribution is -0.115. The lowest BCUT2D eigenvalue weighted by atomic mass is 10.1. The zero-order chi connectivity index (χ0) is 24.6. The number of aromatic nitrogens is 2. The molecule has 0 aliphatic heterocycles. The number of benzene rings is 3. The number of carbonyl (C=O) groups excluding carboxylic acids is 1. The fourth-order valence-corrected chi connectivity index (χ4v) is 5.14. The molecule has 1 unspecified atom stereocenters. The summed E-state index contributed by atoms with van der Waals surface area (Å²) in [6, 6.07) is 25.0. The normalized spacial score (nSPS) is 11.4. The lowest BCUT2D eigenvalue weighted by Crippen LogP contribution is -2.20. The minimum Gasteiger partial charge on any atom is -0.495 e. The number of amides is 1. The van der Waals surface area contributed by atoms with E-state index < -0.39 is 5.25 Å². The second-order valence-electron chi connectivity index (χ2n) is 7.33. The maximum atomic E-state index is 13.2. The Bertz CT molecular complexity index is 1310. The van der Waals surface area contributed by atoms with Crippen LogP contribution in [0.4, 0.5) is 16.5 Å². The highest BCUT2D eigenvalue weighted by Gasteiger charge is 2.23. The Morgan fingerprint density at radius 3 is 2.49 bits per heavy atom. The van der Waals surface area contributed by atoms with Gasteiger partial charge in [0.25, 0.3) is 0 Å². The summed E-state index contributed by atoms with van der Waals surface area (Å²) in [5.41, 5.74) is 2.46. The Morgan fingerprint density at radius 2 is 1.74 bits per heavy atom. The molecule has 1 amide bonds. The largest absolute Gasteiger partial charge is 0.495 e. The SMILES string of the molecule is COc1ccccc1NC(=S)Nc1cccc(SC(C(=O)Nc2nnc(C)s2)c2ccccc2)c1. The maximum Gasteiger partial charge on any atom is 0.244 e. The Balaban J connectivity index is 1.49. The molecule has 0 radical (unpaired) electrons. The van der Waals surface area contributed by atoms with Crippen LogP contribution in [-0.4, -0.2) is 28.3 Å². The molecule has 35 heavy (non-hydrogen) atoms. The quantitative estimate of drug-likeness (QED) is 0.188. The van der Waals surface area contributed by atoms with Gasteiger partial charge in [-0.15, -0.1) is 22.0 Å². The van der Waals surface area contributed by atoms with E-state index >= 15 is 0 Å². The lowest BCUT2D eigenvalue weighted by Gasteiger charge is -2.17.